The van der Waals surface area contributed by atoms with Crippen LogP contribution >= 0.6 is 22.6 Å². The van der Waals surface area contributed by atoms with Crippen molar-refractivity contribution >= 4 is 44.5 Å². The molecule has 6 nitrogen and oxygen atoms in total. The molecule has 0 aliphatic rings. The van der Waals surface area contributed by atoms with Crippen LogP contribution in [0.1, 0.15) is 24.2 Å². The standard InChI is InChI=1S/C11H15IN2O4S/c1-7(2)14(3)19(17,18)13-10-5-4-8(12)6-9(10)11(15)16/h4-7,13H,1-3H3,(H,15,16). The van der Waals surface area contributed by atoms with Crippen molar-refractivity contribution < 1.29 is 18.3 Å². The van der Waals surface area contributed by atoms with E-state index in [4.69, 9.17) is 5.11 Å². The van der Waals surface area contributed by atoms with Gasteiger partial charge in [-0.2, -0.15) is 12.7 Å². The molecule has 0 bridgehead atoms. The zero-order valence-corrected chi connectivity index (χ0v) is 13.7. The number of nitrogens with one attached hydrogen (secondary N) is 1. The third-order valence-electron chi connectivity index (χ3n) is 2.56. The Balaban J connectivity index is 3.16. The van der Waals surface area contributed by atoms with Crippen molar-refractivity contribution in [2.24, 2.45) is 0 Å². The fraction of sp³-hybridized carbons (Fsp3) is 0.364. The Hall–Kier alpha value is -0.870. The Morgan fingerprint density at radius 2 is 2.00 bits per heavy atom. The van der Waals surface area contributed by atoms with Crippen molar-refractivity contribution in [3.8, 4) is 0 Å². The normalized spacial score (nSPS) is 11.9. The van der Waals surface area contributed by atoms with Crippen molar-refractivity contribution in [2.75, 3.05) is 11.8 Å². The summed E-state index contributed by atoms with van der Waals surface area (Å²) >= 11 is 1.97. The maximum absolute atomic E-state index is 12.0. The molecule has 1 aromatic rings. The molecule has 0 saturated carbocycles. The molecule has 19 heavy (non-hydrogen) atoms. The van der Waals surface area contributed by atoms with E-state index in [9.17, 15) is 13.2 Å². The van der Waals surface area contributed by atoms with Crippen LogP contribution in [0.5, 0.6) is 0 Å². The summed E-state index contributed by atoms with van der Waals surface area (Å²) in [6.07, 6.45) is 0. The van der Waals surface area contributed by atoms with Gasteiger partial charge in [-0.3, -0.25) is 4.72 Å². The van der Waals surface area contributed by atoms with E-state index in [1.165, 1.54) is 19.2 Å². The van der Waals surface area contributed by atoms with E-state index in [0.29, 0.717) is 0 Å². The highest BCUT2D eigenvalue weighted by atomic mass is 127. The molecule has 0 amide bonds. The molecule has 1 aromatic carbocycles. The molecule has 106 valence electrons. The number of hydrogen-bond donors (Lipinski definition) is 2. The van der Waals surface area contributed by atoms with Crippen LogP contribution in [0.3, 0.4) is 0 Å². The molecule has 0 heterocycles. The number of anilines is 1. The number of benzene rings is 1. The number of halogens is 1. The van der Waals surface area contributed by atoms with Gasteiger partial charge < -0.3 is 5.11 Å². The summed E-state index contributed by atoms with van der Waals surface area (Å²) in [5, 5.41) is 9.08. The number of nitrogens with zero attached hydrogens (tertiary/aromatic N) is 1. The maximum Gasteiger partial charge on any atom is 0.337 e. The minimum absolute atomic E-state index is 0.0559. The summed E-state index contributed by atoms with van der Waals surface area (Å²) in [4.78, 5) is 11.1. The van der Waals surface area contributed by atoms with Gasteiger partial charge in [0.25, 0.3) is 0 Å². The minimum atomic E-state index is -3.76. The second-order valence-corrected chi connectivity index (χ2v) is 7.19. The lowest BCUT2D eigenvalue weighted by atomic mass is 10.2. The Labute approximate surface area is 126 Å². The van der Waals surface area contributed by atoms with Crippen LogP contribution in [0.2, 0.25) is 0 Å². The molecule has 8 heteroatoms. The molecule has 0 aromatic heterocycles. The molecule has 0 aliphatic carbocycles. The smallest absolute Gasteiger partial charge is 0.337 e. The monoisotopic (exact) mass is 398 g/mol. The van der Waals surface area contributed by atoms with Crippen molar-refractivity contribution in [1.29, 1.82) is 0 Å². The van der Waals surface area contributed by atoms with E-state index in [0.717, 1.165) is 7.88 Å². The molecular formula is C11H15IN2O4S. The molecule has 0 unspecified atom stereocenters. The van der Waals surface area contributed by atoms with E-state index in [2.05, 4.69) is 4.72 Å². The highest BCUT2D eigenvalue weighted by Gasteiger charge is 2.22. The van der Waals surface area contributed by atoms with Crippen molar-refractivity contribution in [1.82, 2.24) is 4.31 Å². The lowest BCUT2D eigenvalue weighted by Crippen LogP contribution is -2.37. The zero-order valence-electron chi connectivity index (χ0n) is 10.7. The second-order valence-electron chi connectivity index (χ2n) is 4.21. The molecule has 0 saturated heterocycles. The number of aromatic carboxylic acids is 1. The zero-order chi connectivity index (χ0) is 14.8. The Morgan fingerprint density at radius 3 is 2.47 bits per heavy atom. The van der Waals surface area contributed by atoms with E-state index in [-0.39, 0.29) is 17.3 Å². The number of hydrogen-bond acceptors (Lipinski definition) is 3. The highest BCUT2D eigenvalue weighted by Crippen LogP contribution is 2.21. The predicted octanol–water partition coefficient (Wildman–Crippen LogP) is 1.99. The van der Waals surface area contributed by atoms with Gasteiger partial charge in [0.1, 0.15) is 0 Å². The SMILES string of the molecule is CC(C)N(C)S(=O)(=O)Nc1ccc(I)cc1C(=O)O. The van der Waals surface area contributed by atoms with Crippen LogP contribution in [0.4, 0.5) is 5.69 Å². The summed E-state index contributed by atoms with van der Waals surface area (Å²) in [5.41, 5.74) is -0.0203. The molecule has 0 spiro atoms. The Kier molecular flexibility index (Phi) is 5.16. The first-order valence-electron chi connectivity index (χ1n) is 5.43. The topological polar surface area (TPSA) is 86.7 Å². The minimum Gasteiger partial charge on any atom is -0.478 e. The lowest BCUT2D eigenvalue weighted by Gasteiger charge is -2.22. The first-order chi connectivity index (χ1) is 8.65. The van der Waals surface area contributed by atoms with Crippen LogP contribution in [0.25, 0.3) is 0 Å². The van der Waals surface area contributed by atoms with Crippen molar-refractivity contribution in [3.63, 3.8) is 0 Å². The average Bonchev–Trinajstić information content (AvgIpc) is 2.29. The molecule has 2 N–H and O–H groups in total. The van der Waals surface area contributed by atoms with E-state index in [1.807, 2.05) is 22.6 Å². The first kappa shape index (κ1) is 16.2. The van der Waals surface area contributed by atoms with Gasteiger partial charge in [0.2, 0.25) is 0 Å². The van der Waals surface area contributed by atoms with Crippen LogP contribution in [0.15, 0.2) is 18.2 Å². The Bertz CT molecular complexity index is 586. The summed E-state index contributed by atoms with van der Waals surface area (Å²) < 4.78 is 28.2. The van der Waals surface area contributed by atoms with Gasteiger partial charge in [-0.15, -0.1) is 0 Å². The van der Waals surface area contributed by atoms with Gasteiger partial charge >= 0.3 is 16.2 Å². The lowest BCUT2D eigenvalue weighted by molar-refractivity contribution is 0.0698. The van der Waals surface area contributed by atoms with Gasteiger partial charge in [0.15, 0.2) is 0 Å². The fourth-order valence-corrected chi connectivity index (χ4v) is 2.92. The molecule has 0 radical (unpaired) electrons. The molecule has 0 aliphatic heterocycles. The number of carbonyl (C=O) groups is 1. The Morgan fingerprint density at radius 1 is 1.42 bits per heavy atom. The predicted molar refractivity (Wildman–Crippen MR) is 81.6 cm³/mol. The third kappa shape index (κ3) is 4.05. The molecule has 1 rings (SSSR count). The number of carboxylic acid groups (broad SMARTS) is 1. The molecular weight excluding hydrogens is 383 g/mol. The maximum atomic E-state index is 12.0. The van der Waals surface area contributed by atoms with Gasteiger partial charge in [0, 0.05) is 16.7 Å². The van der Waals surface area contributed by atoms with Crippen molar-refractivity contribution in [2.45, 2.75) is 19.9 Å². The fourth-order valence-electron chi connectivity index (χ4n) is 1.27. The average molecular weight is 398 g/mol. The summed E-state index contributed by atoms with van der Waals surface area (Å²) in [5.74, 6) is -1.18. The van der Waals surface area contributed by atoms with E-state index in [1.54, 1.807) is 19.9 Å². The second kappa shape index (κ2) is 6.06. The molecule has 0 fully saturated rings. The van der Waals surface area contributed by atoms with Gasteiger partial charge in [0.05, 0.1) is 11.3 Å². The summed E-state index contributed by atoms with van der Waals surface area (Å²) in [7, 11) is -2.33. The number of rotatable bonds is 5. The summed E-state index contributed by atoms with van der Waals surface area (Å²) in [6.45, 7) is 3.45. The van der Waals surface area contributed by atoms with Gasteiger partial charge in [-0.25, -0.2) is 4.79 Å². The van der Waals surface area contributed by atoms with Gasteiger partial charge in [-0.05, 0) is 54.6 Å². The van der Waals surface area contributed by atoms with E-state index < -0.39 is 16.2 Å². The molecule has 0 atom stereocenters. The third-order valence-corrected chi connectivity index (χ3v) is 4.89. The van der Waals surface area contributed by atoms with Crippen LogP contribution in [-0.2, 0) is 10.2 Å². The summed E-state index contributed by atoms with van der Waals surface area (Å²) in [6, 6.07) is 4.27. The first-order valence-corrected chi connectivity index (χ1v) is 7.95. The van der Waals surface area contributed by atoms with Crippen LogP contribution in [-0.4, -0.2) is 36.9 Å². The van der Waals surface area contributed by atoms with Crippen molar-refractivity contribution in [3.05, 3.63) is 27.3 Å². The number of carboxylic acids is 1. The largest absolute Gasteiger partial charge is 0.478 e. The van der Waals surface area contributed by atoms with Gasteiger partial charge in [-0.1, -0.05) is 0 Å². The quantitative estimate of drug-likeness (QED) is 0.743. The van der Waals surface area contributed by atoms with Crippen LogP contribution < -0.4 is 4.72 Å². The van der Waals surface area contributed by atoms with E-state index >= 15 is 0 Å². The highest BCUT2D eigenvalue weighted by molar-refractivity contribution is 14.1. The van der Waals surface area contributed by atoms with Crippen LogP contribution in [0, 0.1) is 3.57 Å².